The summed E-state index contributed by atoms with van der Waals surface area (Å²) in [5.41, 5.74) is 8.40. The number of nitrogens with zero attached hydrogens (tertiary/aromatic N) is 1. The number of benzene rings is 2. The molecule has 36 heavy (non-hydrogen) atoms. The van der Waals surface area contributed by atoms with Gasteiger partial charge in [-0.2, -0.15) is 0 Å². The molecule has 0 aliphatic heterocycles. The number of nitrogens with one attached hydrogen (secondary N) is 1. The van der Waals surface area contributed by atoms with Gasteiger partial charge in [0.05, 0.1) is 30.6 Å². The Labute approximate surface area is 221 Å². The number of ether oxygens (including phenoxy) is 1. The van der Waals surface area contributed by atoms with Gasteiger partial charge >= 0.3 is 0 Å². The Kier molecular flexibility index (Phi) is 12.0. The minimum absolute atomic E-state index is 0.266. The first kappa shape index (κ1) is 29.4. The Bertz CT molecular complexity index is 1090. The van der Waals surface area contributed by atoms with Gasteiger partial charge in [0.15, 0.2) is 0 Å². The Morgan fingerprint density at radius 2 is 2.08 bits per heavy atom. The zero-order valence-corrected chi connectivity index (χ0v) is 21.8. The van der Waals surface area contributed by atoms with E-state index in [1.54, 1.807) is 25.1 Å². The second-order valence-electron chi connectivity index (χ2n) is 8.11. The third kappa shape index (κ3) is 8.38. The fourth-order valence-corrected chi connectivity index (χ4v) is 4.00. The van der Waals surface area contributed by atoms with Crippen LogP contribution in [0.2, 0.25) is 5.02 Å². The van der Waals surface area contributed by atoms with Gasteiger partial charge in [-0.05, 0) is 55.0 Å². The van der Waals surface area contributed by atoms with Crippen LogP contribution in [0, 0.1) is 5.92 Å². The lowest BCUT2D eigenvalue weighted by atomic mass is 9.92. The molecule has 0 fully saturated rings. The number of aliphatic hydroxyl groups is 1. The fourth-order valence-electron chi connectivity index (χ4n) is 3.76. The standard InChI is InChI=1S/C27H32Cl2FN3O3/c1-4-36-22-9-6-8-20(13-22)15-33(25-12-11-21(29)14-24(25)32-17-35)26(16-34)27(31)19(3)23(30)10-5-7-18(2)28/h5-14,17,19,26-27,34H,2,4,15-16,31H2,1,3H3,(H,32,35)/b7-5-,23-10-/t19-,26?,27?/m1/s1. The highest BCUT2D eigenvalue weighted by molar-refractivity contribution is 6.31. The van der Waals surface area contributed by atoms with Crippen molar-refractivity contribution < 1.29 is 19.0 Å². The lowest BCUT2D eigenvalue weighted by molar-refractivity contribution is -0.105. The Morgan fingerprint density at radius 1 is 1.33 bits per heavy atom. The molecule has 6 nitrogen and oxygen atoms in total. The molecule has 4 N–H and O–H groups in total. The van der Waals surface area contributed by atoms with Crippen molar-refractivity contribution in [2.75, 3.05) is 23.4 Å². The van der Waals surface area contributed by atoms with Crippen LogP contribution in [-0.4, -0.2) is 36.8 Å². The molecule has 2 unspecified atom stereocenters. The molecule has 0 saturated heterocycles. The number of carbonyl (C=O) groups excluding carboxylic acids is 1. The molecular weight excluding hydrogens is 504 g/mol. The van der Waals surface area contributed by atoms with Crippen LogP contribution in [0.5, 0.6) is 5.75 Å². The molecule has 0 saturated carbocycles. The summed E-state index contributed by atoms with van der Waals surface area (Å²) in [5.74, 6) is -0.532. The fraction of sp³-hybridized carbons (Fsp3) is 0.296. The van der Waals surface area contributed by atoms with Gasteiger partial charge in [-0.25, -0.2) is 4.39 Å². The summed E-state index contributed by atoms with van der Waals surface area (Å²) in [4.78, 5) is 13.1. The maximum absolute atomic E-state index is 14.9. The number of carbonyl (C=O) groups is 1. The second kappa shape index (κ2) is 14.7. The first-order valence-electron chi connectivity index (χ1n) is 11.4. The number of hydrogen-bond acceptors (Lipinski definition) is 5. The first-order chi connectivity index (χ1) is 17.2. The number of halogens is 3. The van der Waals surface area contributed by atoms with Crippen LogP contribution in [0.15, 0.2) is 78.1 Å². The van der Waals surface area contributed by atoms with Gasteiger partial charge in [-0.3, -0.25) is 4.79 Å². The Hall–Kier alpha value is -2.84. The van der Waals surface area contributed by atoms with E-state index in [-0.39, 0.29) is 11.6 Å². The van der Waals surface area contributed by atoms with E-state index in [0.29, 0.717) is 41.7 Å². The highest BCUT2D eigenvalue weighted by Gasteiger charge is 2.32. The van der Waals surface area contributed by atoms with Gasteiger partial charge in [0.25, 0.3) is 0 Å². The van der Waals surface area contributed by atoms with Gasteiger partial charge in [0.2, 0.25) is 6.41 Å². The van der Waals surface area contributed by atoms with Crippen molar-refractivity contribution >= 4 is 41.0 Å². The van der Waals surface area contributed by atoms with E-state index >= 15 is 0 Å². The van der Waals surface area contributed by atoms with Gasteiger partial charge in [0, 0.05) is 28.6 Å². The highest BCUT2D eigenvalue weighted by Crippen LogP contribution is 2.34. The zero-order valence-electron chi connectivity index (χ0n) is 20.3. The smallest absolute Gasteiger partial charge is 0.211 e. The summed E-state index contributed by atoms with van der Waals surface area (Å²) >= 11 is 11.9. The van der Waals surface area contributed by atoms with Crippen LogP contribution in [0.4, 0.5) is 15.8 Å². The normalized spacial score (nSPS) is 14.2. The highest BCUT2D eigenvalue weighted by atomic mass is 35.5. The minimum atomic E-state index is -0.825. The van der Waals surface area contributed by atoms with E-state index in [2.05, 4.69) is 11.9 Å². The van der Waals surface area contributed by atoms with Crippen molar-refractivity contribution in [1.29, 1.82) is 0 Å². The third-order valence-electron chi connectivity index (χ3n) is 5.62. The molecule has 0 spiro atoms. The van der Waals surface area contributed by atoms with Crippen molar-refractivity contribution in [2.45, 2.75) is 32.5 Å². The van der Waals surface area contributed by atoms with Gasteiger partial charge in [0.1, 0.15) is 11.6 Å². The average molecular weight is 536 g/mol. The summed E-state index contributed by atoms with van der Waals surface area (Å²) in [6.45, 7) is 7.50. The van der Waals surface area contributed by atoms with Crippen LogP contribution in [0.3, 0.4) is 0 Å². The van der Waals surface area contributed by atoms with Gasteiger partial charge < -0.3 is 25.8 Å². The molecule has 0 aliphatic rings. The summed E-state index contributed by atoms with van der Waals surface area (Å²) < 4.78 is 20.6. The zero-order chi connectivity index (χ0) is 26.7. The molecule has 9 heteroatoms. The van der Waals surface area contributed by atoms with Crippen LogP contribution in [0.25, 0.3) is 0 Å². The topological polar surface area (TPSA) is 87.8 Å². The van der Waals surface area contributed by atoms with Crippen LogP contribution in [-0.2, 0) is 11.3 Å². The van der Waals surface area contributed by atoms with Crippen molar-refractivity contribution in [3.8, 4) is 5.75 Å². The van der Waals surface area contributed by atoms with Crippen LogP contribution < -0.4 is 20.7 Å². The molecular formula is C27H32Cl2FN3O3. The van der Waals surface area contributed by atoms with E-state index < -0.39 is 23.8 Å². The predicted octanol–water partition coefficient (Wildman–Crippen LogP) is 5.80. The van der Waals surface area contributed by atoms with Crippen molar-refractivity contribution in [3.63, 3.8) is 0 Å². The van der Waals surface area contributed by atoms with E-state index in [0.717, 1.165) is 5.56 Å². The van der Waals surface area contributed by atoms with E-state index in [1.165, 1.54) is 18.2 Å². The molecule has 194 valence electrons. The van der Waals surface area contributed by atoms with E-state index in [4.69, 9.17) is 33.7 Å². The average Bonchev–Trinajstić information content (AvgIpc) is 2.84. The largest absolute Gasteiger partial charge is 0.494 e. The molecule has 3 atom stereocenters. The number of anilines is 2. The molecule has 0 radical (unpaired) electrons. The third-order valence-corrected chi connectivity index (χ3v) is 5.98. The summed E-state index contributed by atoms with van der Waals surface area (Å²) in [6.07, 6.45) is 4.72. The van der Waals surface area contributed by atoms with Crippen molar-refractivity contribution in [1.82, 2.24) is 0 Å². The van der Waals surface area contributed by atoms with E-state index in [1.807, 2.05) is 36.1 Å². The van der Waals surface area contributed by atoms with Gasteiger partial charge in [-0.1, -0.05) is 54.9 Å². The molecule has 2 rings (SSSR count). The Balaban J connectivity index is 2.52. The quantitative estimate of drug-likeness (QED) is 0.210. The second-order valence-corrected chi connectivity index (χ2v) is 9.03. The lowest BCUT2D eigenvalue weighted by Crippen LogP contribution is -2.53. The SMILES string of the molecule is C=C(Cl)/C=C\C=C(/F)[C@@H](C)C(N)C(CO)N(Cc1cccc(OCC)c1)c1ccc(Cl)cc1NC=O. The number of amides is 1. The maximum atomic E-state index is 14.9. The number of rotatable bonds is 14. The predicted molar refractivity (Wildman–Crippen MR) is 146 cm³/mol. The maximum Gasteiger partial charge on any atom is 0.211 e. The molecule has 0 bridgehead atoms. The minimum Gasteiger partial charge on any atom is -0.494 e. The van der Waals surface area contributed by atoms with Gasteiger partial charge in [-0.15, -0.1) is 0 Å². The Morgan fingerprint density at radius 3 is 2.72 bits per heavy atom. The molecule has 2 aromatic rings. The number of nitrogens with two attached hydrogens (primary N) is 1. The van der Waals surface area contributed by atoms with Crippen molar-refractivity contribution in [2.24, 2.45) is 11.7 Å². The number of allylic oxidation sites excluding steroid dienone is 4. The summed E-state index contributed by atoms with van der Waals surface area (Å²) in [7, 11) is 0. The number of hydrogen-bond donors (Lipinski definition) is 3. The van der Waals surface area contributed by atoms with Crippen LogP contribution in [0.1, 0.15) is 19.4 Å². The van der Waals surface area contributed by atoms with Crippen molar-refractivity contribution in [3.05, 3.63) is 88.7 Å². The van der Waals surface area contributed by atoms with Crippen LogP contribution >= 0.6 is 23.2 Å². The molecule has 0 heterocycles. The summed E-state index contributed by atoms with van der Waals surface area (Å²) in [6, 6.07) is 10.9. The van der Waals surface area contributed by atoms with E-state index in [9.17, 15) is 14.3 Å². The first-order valence-corrected chi connectivity index (χ1v) is 12.2. The molecule has 0 aromatic heterocycles. The lowest BCUT2D eigenvalue weighted by Gasteiger charge is -2.39. The molecule has 1 amide bonds. The molecule has 0 aliphatic carbocycles. The number of aliphatic hydroxyl groups excluding tert-OH is 1. The molecule has 2 aromatic carbocycles. The monoisotopic (exact) mass is 535 g/mol. The summed E-state index contributed by atoms with van der Waals surface area (Å²) in [5, 5.41) is 13.8.